The van der Waals surface area contributed by atoms with Gasteiger partial charge < -0.3 is 25.2 Å². The molecule has 0 aliphatic heterocycles. The zero-order valence-electron chi connectivity index (χ0n) is 33.0. The second-order valence-electron chi connectivity index (χ2n) is 13.0. The van der Waals surface area contributed by atoms with Crippen molar-refractivity contribution in [1.82, 2.24) is 0 Å². The van der Waals surface area contributed by atoms with Gasteiger partial charge in [-0.2, -0.15) is 0 Å². The maximum atomic E-state index is 12.6. The lowest BCUT2D eigenvalue weighted by atomic mass is 10.1. The molecule has 4 N–H and O–H groups in total. The molecule has 3 atom stereocenters. The van der Waals surface area contributed by atoms with E-state index in [-0.39, 0.29) is 19.4 Å². The number of hydrogen-bond donors (Lipinski definition) is 3. The topological polar surface area (TPSA) is 172 Å². The molecule has 11 nitrogen and oxygen atoms in total. The highest BCUT2D eigenvalue weighted by molar-refractivity contribution is 7.47. The smallest absolute Gasteiger partial charge is 0.472 e. The summed E-state index contributed by atoms with van der Waals surface area (Å²) in [5, 5.41) is 8.87. The Bertz CT molecular complexity index is 1190. The summed E-state index contributed by atoms with van der Waals surface area (Å²) in [5.41, 5.74) is 5.32. The Balaban J connectivity index is 4.48. The Morgan fingerprint density at radius 2 is 0.981 bits per heavy atom. The van der Waals surface area contributed by atoms with Crippen molar-refractivity contribution >= 4 is 25.7 Å². The highest BCUT2D eigenvalue weighted by atomic mass is 31.2. The van der Waals surface area contributed by atoms with Crippen LogP contribution in [0.1, 0.15) is 142 Å². The summed E-state index contributed by atoms with van der Waals surface area (Å²) in [4.78, 5) is 45.8. The lowest BCUT2D eigenvalue weighted by Crippen LogP contribution is -2.34. The Kier molecular flexibility index (Phi) is 34.8. The van der Waals surface area contributed by atoms with E-state index in [0.717, 1.165) is 103 Å². The molecule has 0 rings (SSSR count). The average Bonchev–Trinajstić information content (AvgIpc) is 3.14. The maximum Gasteiger partial charge on any atom is 0.472 e. The van der Waals surface area contributed by atoms with Gasteiger partial charge in [0.05, 0.1) is 13.2 Å². The van der Waals surface area contributed by atoms with Gasteiger partial charge in [0.1, 0.15) is 12.6 Å². The molecule has 0 aromatic rings. The van der Waals surface area contributed by atoms with E-state index < -0.39 is 51.1 Å². The first-order valence-corrected chi connectivity index (χ1v) is 21.5. The summed E-state index contributed by atoms with van der Waals surface area (Å²) in [6, 6.07) is -1.53. The molecule has 54 heavy (non-hydrogen) atoms. The number of esters is 2. The van der Waals surface area contributed by atoms with E-state index in [1.54, 1.807) is 0 Å². The number of rotatable bonds is 36. The number of allylic oxidation sites excluding steroid dienone is 12. The van der Waals surface area contributed by atoms with E-state index in [4.69, 9.17) is 24.8 Å². The molecular formula is C42H70NO10P. The Hall–Kier alpha value is -3.08. The molecule has 0 heterocycles. The number of nitrogens with two attached hydrogens (primary N) is 1. The van der Waals surface area contributed by atoms with Gasteiger partial charge in [0.2, 0.25) is 0 Å². The molecule has 0 aliphatic rings. The van der Waals surface area contributed by atoms with Crippen LogP contribution in [0.25, 0.3) is 0 Å². The summed E-state index contributed by atoms with van der Waals surface area (Å²) < 4.78 is 32.6. The summed E-state index contributed by atoms with van der Waals surface area (Å²) in [7, 11) is -4.73. The molecule has 0 saturated heterocycles. The van der Waals surface area contributed by atoms with Gasteiger partial charge in [-0.1, -0.05) is 125 Å². The van der Waals surface area contributed by atoms with Crippen LogP contribution in [-0.2, 0) is 37.5 Å². The Labute approximate surface area is 325 Å². The van der Waals surface area contributed by atoms with Crippen molar-refractivity contribution in [2.45, 2.75) is 154 Å². The van der Waals surface area contributed by atoms with Crippen LogP contribution >= 0.6 is 7.82 Å². The number of carbonyl (C=O) groups is 3. The van der Waals surface area contributed by atoms with Gasteiger partial charge in [0.25, 0.3) is 0 Å². The Morgan fingerprint density at radius 3 is 1.46 bits per heavy atom. The monoisotopic (exact) mass is 779 g/mol. The van der Waals surface area contributed by atoms with Gasteiger partial charge in [-0.15, -0.1) is 0 Å². The molecule has 0 aliphatic carbocycles. The first-order chi connectivity index (χ1) is 26.1. The lowest BCUT2D eigenvalue weighted by Gasteiger charge is -2.20. The number of ether oxygens (including phenoxy) is 2. The fraction of sp³-hybridized carbons (Fsp3) is 0.643. The molecule has 0 spiro atoms. The first kappa shape index (κ1) is 50.9. The summed E-state index contributed by atoms with van der Waals surface area (Å²) >= 11 is 0. The molecule has 12 heteroatoms. The standard InChI is InChI=1S/C42H70NO10P/c1-3-5-7-9-11-13-15-17-19-21-23-25-27-29-31-33-40(44)50-35-38(36-51-54(48,49)52-37-39(43)42(46)47)53-41(45)34-32-30-28-26-24-22-20-18-16-14-12-10-8-6-4-2/h5-8,11-14,17-20,38-39H,3-4,9-10,15-16,21-37,43H2,1-2H3,(H,46,47)(H,48,49)/t38-,39+/m1/s1. The number of hydrogen-bond acceptors (Lipinski definition) is 9. The van der Waals surface area contributed by atoms with Crippen LogP contribution in [0.5, 0.6) is 0 Å². The highest BCUT2D eigenvalue weighted by Gasteiger charge is 2.28. The van der Waals surface area contributed by atoms with Crippen LogP contribution in [0.15, 0.2) is 72.9 Å². The zero-order valence-corrected chi connectivity index (χ0v) is 33.9. The number of carboxylic acids is 1. The maximum absolute atomic E-state index is 12.6. The third-order valence-corrected chi connectivity index (χ3v) is 8.90. The van der Waals surface area contributed by atoms with Crippen molar-refractivity contribution in [1.29, 1.82) is 0 Å². The molecule has 308 valence electrons. The zero-order chi connectivity index (χ0) is 40.0. The van der Waals surface area contributed by atoms with Crippen molar-refractivity contribution in [2.75, 3.05) is 19.8 Å². The third kappa shape index (κ3) is 35.9. The average molecular weight is 780 g/mol. The van der Waals surface area contributed by atoms with Gasteiger partial charge >= 0.3 is 25.7 Å². The minimum atomic E-state index is -4.73. The first-order valence-electron chi connectivity index (χ1n) is 20.0. The number of aliphatic carboxylic acids is 1. The van der Waals surface area contributed by atoms with Crippen molar-refractivity contribution in [3.63, 3.8) is 0 Å². The van der Waals surface area contributed by atoms with Gasteiger partial charge in [0.15, 0.2) is 6.10 Å². The van der Waals surface area contributed by atoms with E-state index in [1.807, 2.05) is 0 Å². The summed E-state index contributed by atoms with van der Waals surface area (Å²) in [5.74, 6) is -2.43. The highest BCUT2D eigenvalue weighted by Crippen LogP contribution is 2.43. The molecule has 0 saturated carbocycles. The number of phosphoric ester groups is 1. The fourth-order valence-corrected chi connectivity index (χ4v) is 5.63. The number of carbonyl (C=O) groups excluding carboxylic acids is 2. The van der Waals surface area contributed by atoms with Gasteiger partial charge in [-0.05, 0) is 77.0 Å². The van der Waals surface area contributed by atoms with Crippen LogP contribution in [0.4, 0.5) is 0 Å². The van der Waals surface area contributed by atoms with Crippen LogP contribution in [0.3, 0.4) is 0 Å². The second-order valence-corrected chi connectivity index (χ2v) is 14.5. The van der Waals surface area contributed by atoms with E-state index in [9.17, 15) is 23.8 Å². The van der Waals surface area contributed by atoms with Gasteiger partial charge in [-0.25, -0.2) is 4.57 Å². The van der Waals surface area contributed by atoms with Crippen molar-refractivity contribution in [3.8, 4) is 0 Å². The predicted octanol–water partition coefficient (Wildman–Crippen LogP) is 10.2. The molecular weight excluding hydrogens is 709 g/mol. The van der Waals surface area contributed by atoms with Gasteiger partial charge in [-0.3, -0.25) is 23.4 Å². The van der Waals surface area contributed by atoms with Crippen LogP contribution in [-0.4, -0.2) is 59.9 Å². The van der Waals surface area contributed by atoms with Crippen molar-refractivity contribution in [2.24, 2.45) is 5.73 Å². The van der Waals surface area contributed by atoms with Crippen molar-refractivity contribution < 1.29 is 47.5 Å². The lowest BCUT2D eigenvalue weighted by molar-refractivity contribution is -0.161. The largest absolute Gasteiger partial charge is 0.480 e. The summed E-state index contributed by atoms with van der Waals surface area (Å²) in [6.45, 7) is 2.52. The Morgan fingerprint density at radius 1 is 0.574 bits per heavy atom. The second kappa shape index (κ2) is 36.9. The SMILES string of the molecule is CCC=CCC=CCC=CCCCCCCCC(=O)OC[C@H](COP(=O)(O)OC[C@H](N)C(=O)O)OC(=O)CCCCCCCC=CCC=CCC=CCC. The predicted molar refractivity (Wildman–Crippen MR) is 217 cm³/mol. The van der Waals surface area contributed by atoms with Crippen molar-refractivity contribution in [3.05, 3.63) is 72.9 Å². The quantitative estimate of drug-likeness (QED) is 0.0239. The molecule has 1 unspecified atom stereocenters. The van der Waals surface area contributed by atoms with Crippen LogP contribution in [0.2, 0.25) is 0 Å². The minimum Gasteiger partial charge on any atom is -0.480 e. The minimum absolute atomic E-state index is 0.134. The molecule has 0 bridgehead atoms. The molecule has 0 aromatic carbocycles. The van der Waals surface area contributed by atoms with E-state index in [1.165, 1.54) is 0 Å². The van der Waals surface area contributed by atoms with Crippen LogP contribution in [0, 0.1) is 0 Å². The van der Waals surface area contributed by atoms with Gasteiger partial charge in [0, 0.05) is 12.8 Å². The van der Waals surface area contributed by atoms with E-state index >= 15 is 0 Å². The van der Waals surface area contributed by atoms with E-state index in [0.29, 0.717) is 12.8 Å². The fourth-order valence-electron chi connectivity index (χ4n) is 4.86. The number of phosphoric acid groups is 1. The molecule has 0 radical (unpaired) electrons. The number of unbranched alkanes of at least 4 members (excludes halogenated alkanes) is 10. The molecule has 0 aromatic heterocycles. The normalized spacial score (nSPS) is 14.6. The molecule has 0 fully saturated rings. The summed E-state index contributed by atoms with van der Waals surface area (Å²) in [6.07, 6.45) is 42.5. The number of carboxylic acid groups (broad SMARTS) is 1. The van der Waals surface area contributed by atoms with Crippen LogP contribution < -0.4 is 5.73 Å². The van der Waals surface area contributed by atoms with E-state index in [2.05, 4.69) is 91.3 Å². The molecule has 0 amide bonds. The third-order valence-electron chi connectivity index (χ3n) is 7.95.